The number of hydrogen-bond donors (Lipinski definition) is 3. The number of alkyl carbamates (subject to hydrolysis) is 1. The fourth-order valence-corrected chi connectivity index (χ4v) is 11.4. The molecule has 5 rings (SSSR count). The number of ether oxygens (including phenoxy) is 9. The summed E-state index contributed by atoms with van der Waals surface area (Å²) in [6, 6.07) is 2.38. The number of fused-ring (bicyclic) bond motifs is 5. The summed E-state index contributed by atoms with van der Waals surface area (Å²) in [5.74, 6) is -3.17. The molecule has 26 heteroatoms. The Morgan fingerprint density at radius 3 is 2.28 bits per heavy atom. The number of carbonyl (C=O) groups is 7. The largest absolute Gasteiger partial charge is 0.542 e. The van der Waals surface area contributed by atoms with Crippen molar-refractivity contribution in [2.24, 2.45) is 5.92 Å². The summed E-state index contributed by atoms with van der Waals surface area (Å²) in [5, 5.41) is 16.6. The first kappa shape index (κ1) is 70.4. The van der Waals surface area contributed by atoms with E-state index < -0.39 is 99.8 Å². The minimum atomic E-state index is -1.89. The Labute approximate surface area is 515 Å². The first-order valence-electron chi connectivity index (χ1n) is 27.2. The van der Waals surface area contributed by atoms with Gasteiger partial charge in [0, 0.05) is 110 Å². The molecule has 0 aliphatic carbocycles. The van der Waals surface area contributed by atoms with E-state index in [1.807, 2.05) is 26.8 Å². The van der Waals surface area contributed by atoms with Crippen molar-refractivity contribution in [3.8, 4) is 5.75 Å². The van der Waals surface area contributed by atoms with Gasteiger partial charge in [0.25, 0.3) is 0 Å². The van der Waals surface area contributed by atoms with Crippen LogP contribution in [0.2, 0.25) is 5.02 Å². The molecule has 0 spiro atoms. The van der Waals surface area contributed by atoms with Crippen molar-refractivity contribution in [3.63, 3.8) is 0 Å². The van der Waals surface area contributed by atoms with E-state index in [0.29, 0.717) is 64.1 Å². The van der Waals surface area contributed by atoms with Crippen molar-refractivity contribution < 1.29 is 119 Å². The summed E-state index contributed by atoms with van der Waals surface area (Å²) in [6.07, 6.45) is 2.37. The zero-order valence-corrected chi connectivity index (χ0v) is 53.2. The van der Waals surface area contributed by atoms with Crippen LogP contribution >= 0.6 is 23.4 Å². The van der Waals surface area contributed by atoms with E-state index in [1.54, 1.807) is 51.5 Å². The minimum absolute atomic E-state index is 0. The number of nitrogens with zero attached hydrogens (tertiary/aromatic N) is 3. The Morgan fingerprint density at radius 2 is 1.65 bits per heavy atom. The van der Waals surface area contributed by atoms with Crippen LogP contribution in [-0.2, 0) is 111 Å². The molecule has 1 aromatic rings. The predicted molar refractivity (Wildman–Crippen MR) is 298 cm³/mol. The normalized spacial score (nSPS) is 26.3. The molecule has 4 heterocycles. The first-order chi connectivity index (χ1) is 38.4. The summed E-state index contributed by atoms with van der Waals surface area (Å²) in [5.41, 5.74) is -1.22. The van der Waals surface area contributed by atoms with Crippen LogP contribution in [0.3, 0.4) is 0 Å². The summed E-state index contributed by atoms with van der Waals surface area (Å²) in [4.78, 5) is 108. The van der Waals surface area contributed by atoms with E-state index in [1.165, 1.54) is 49.8 Å². The van der Waals surface area contributed by atoms with Crippen molar-refractivity contribution in [2.75, 3.05) is 99.2 Å². The predicted octanol–water partition coefficient (Wildman–Crippen LogP) is 4.00. The molecular weight excluding hydrogens is 1190 g/mol. The molecule has 1 radical (unpaired) electrons. The van der Waals surface area contributed by atoms with E-state index in [9.17, 15) is 43.5 Å². The minimum Gasteiger partial charge on any atom is -0.542 e. The summed E-state index contributed by atoms with van der Waals surface area (Å²) in [6.45, 7) is 13.4. The maximum atomic E-state index is 14.4. The van der Waals surface area contributed by atoms with Gasteiger partial charge in [-0.05, 0) is 51.3 Å². The maximum absolute atomic E-state index is 14.4. The Bertz CT molecular complexity index is 2450. The van der Waals surface area contributed by atoms with Crippen molar-refractivity contribution >= 4 is 76.9 Å². The fourth-order valence-electron chi connectivity index (χ4n) is 9.67. The van der Waals surface area contributed by atoms with Gasteiger partial charge in [-0.15, -0.1) is 18.2 Å². The molecule has 1 unspecified atom stereocenters. The van der Waals surface area contributed by atoms with Crippen LogP contribution in [0.25, 0.3) is 0 Å². The van der Waals surface area contributed by atoms with Gasteiger partial charge in [0.2, 0.25) is 29.5 Å². The summed E-state index contributed by atoms with van der Waals surface area (Å²) < 4.78 is 50.3. The molecule has 0 aromatic heterocycles. The number of carbonyl (C=O) groups excluding carboxylic acids is 8. The standard InChI is InChI=1S/C56H81ClN5O18S.Y/c1-35-13-11-14-43(73-10)56(71)34-41(78-53(70)59-56)36(2)50-55(6,80-50)44(33-47(66)61(8)39-30-38(29-35)31-40(72-9)49(39)57)79-52(69)37(3)60(7)46(65)15-17-54(4,5)81-42-32-48(67)62(51(42)68)19-16-45(64)58-18-22-75-24-26-77-28-27-76-25-23-74-21-12-20-63;/h11,13-14,30-31,36-37,41-44,50,71H,12,15-19,21-29,32-34H2,1-10H3,(H,58,64)(H,59,70);/q-1;/b14-11+,35-13+;/t36-,37+,41+,42?,43-,44+,50+,55+,56+;/m1./s1. The summed E-state index contributed by atoms with van der Waals surface area (Å²) >= 11 is 8.10. The van der Waals surface area contributed by atoms with Gasteiger partial charge in [-0.25, -0.2) is 9.59 Å². The molecule has 4 aliphatic rings. The van der Waals surface area contributed by atoms with Crippen LogP contribution in [0.4, 0.5) is 10.5 Å². The van der Waals surface area contributed by atoms with Crippen LogP contribution in [0.1, 0.15) is 92.1 Å². The fraction of sp³-hybridized carbons (Fsp3) is 0.679. The Kier molecular flexibility index (Phi) is 28.3. The van der Waals surface area contributed by atoms with Gasteiger partial charge in [0.1, 0.15) is 40.7 Å². The number of nitrogens with one attached hydrogen (secondary N) is 2. The van der Waals surface area contributed by atoms with Gasteiger partial charge in [0.15, 0.2) is 5.72 Å². The third-order valence-corrected chi connectivity index (χ3v) is 16.6. The molecule has 23 nitrogen and oxygen atoms in total. The molecule has 0 saturated carbocycles. The number of aliphatic hydroxyl groups is 1. The summed E-state index contributed by atoms with van der Waals surface area (Å²) in [7, 11) is 5.88. The van der Waals surface area contributed by atoms with Crippen molar-refractivity contribution in [3.05, 3.63) is 46.5 Å². The molecule has 455 valence electrons. The number of epoxide rings is 1. The number of imide groups is 1. The van der Waals surface area contributed by atoms with E-state index >= 15 is 0 Å². The topological polar surface area (TPSA) is 277 Å². The molecule has 6 amide bonds. The zero-order chi connectivity index (χ0) is 59.7. The Balaban J connectivity index is 0.0000144. The average Bonchev–Trinajstić information content (AvgIpc) is 4.27. The number of methoxy groups -OCH3 is 2. The number of halogens is 1. The van der Waals surface area contributed by atoms with E-state index in [4.69, 9.17) is 54.2 Å². The number of esters is 1. The molecule has 3 fully saturated rings. The molecule has 9 atom stereocenters. The van der Waals surface area contributed by atoms with Crippen LogP contribution in [-0.4, -0.2) is 209 Å². The quantitative estimate of drug-likeness (QED) is 0.0351. The van der Waals surface area contributed by atoms with Crippen LogP contribution in [0, 0.1) is 5.92 Å². The number of likely N-dealkylation sites (tertiary alicyclic amines) is 1. The van der Waals surface area contributed by atoms with Crippen molar-refractivity contribution in [1.82, 2.24) is 20.4 Å². The second-order valence-electron chi connectivity index (χ2n) is 21.3. The molecule has 3 N–H and O–H groups in total. The number of rotatable bonds is 28. The number of allylic oxidation sites excluding steroid dienone is 3. The van der Waals surface area contributed by atoms with Gasteiger partial charge in [-0.2, -0.15) is 0 Å². The van der Waals surface area contributed by atoms with Gasteiger partial charge >= 0.3 is 12.1 Å². The van der Waals surface area contributed by atoms with Crippen molar-refractivity contribution in [1.29, 1.82) is 0 Å². The second-order valence-corrected chi connectivity index (χ2v) is 23.6. The second kappa shape index (κ2) is 33.0. The molecule has 4 aliphatic heterocycles. The van der Waals surface area contributed by atoms with Gasteiger partial charge in [-0.1, -0.05) is 56.2 Å². The van der Waals surface area contributed by atoms with Crippen LogP contribution in [0.15, 0.2) is 35.9 Å². The third-order valence-electron chi connectivity index (χ3n) is 14.7. The monoisotopic (exact) mass is 1270 g/mol. The Morgan fingerprint density at radius 1 is 1.00 bits per heavy atom. The Hall–Kier alpha value is -4.08. The van der Waals surface area contributed by atoms with Gasteiger partial charge in [-0.3, -0.25) is 40.5 Å². The number of likely N-dealkylation sites (N-methyl/N-ethyl adjacent to an activating group) is 1. The first-order valence-corrected chi connectivity index (χ1v) is 28.4. The molecular formula is C56H81ClN5O18SY-. The number of hydrogen-bond acceptors (Lipinski definition) is 19. The maximum Gasteiger partial charge on any atom is 0.409 e. The SMILES string of the molecule is COc1cc2cc(c1Cl)N(C)C(=O)C[C@H](OC(=O)[C@H](C)N(C)C(=O)CCC(C)(C)SC1CC(=O)N(CCC(=O)NCCOCCOCCOCCOCC[C-]=O)C1=O)[C@]1(C)O[C@H]1[C@H](C)[C@@H]1C[C@@](O)(NC(=O)O1)[C@H](OC)/C=C/C=C(\C)C2.[Y]. The third kappa shape index (κ3) is 20.0. The van der Waals surface area contributed by atoms with E-state index in [2.05, 4.69) is 10.6 Å². The van der Waals surface area contributed by atoms with Gasteiger partial charge in [0.05, 0.1) is 76.8 Å². The van der Waals surface area contributed by atoms with Crippen molar-refractivity contribution in [2.45, 2.75) is 145 Å². The smallest absolute Gasteiger partial charge is 0.409 e. The number of benzene rings is 1. The van der Waals surface area contributed by atoms with E-state index in [-0.39, 0.29) is 102 Å². The molecule has 3 saturated heterocycles. The zero-order valence-electron chi connectivity index (χ0n) is 48.7. The molecule has 1 aromatic carbocycles. The molecule has 82 heavy (non-hydrogen) atoms. The van der Waals surface area contributed by atoms with E-state index in [0.717, 1.165) is 16.0 Å². The average molecular weight is 1270 g/mol. The number of anilines is 1. The van der Waals surface area contributed by atoms with Gasteiger partial charge < -0.3 is 67.6 Å². The number of thioether (sulfide) groups is 1. The van der Waals surface area contributed by atoms with Crippen LogP contribution < -0.4 is 20.3 Å². The molecule has 4 bridgehead atoms. The van der Waals surface area contributed by atoms with Crippen LogP contribution in [0.5, 0.6) is 5.75 Å². The number of amides is 6.